The Labute approximate surface area is 110 Å². The largest absolute Gasteiger partial charge is 0.341 e. The van der Waals surface area contributed by atoms with Gasteiger partial charge in [0.1, 0.15) is 5.82 Å². The van der Waals surface area contributed by atoms with Gasteiger partial charge in [0.25, 0.3) is 0 Å². The van der Waals surface area contributed by atoms with Gasteiger partial charge >= 0.3 is 0 Å². The van der Waals surface area contributed by atoms with E-state index in [2.05, 4.69) is 15.9 Å². The van der Waals surface area contributed by atoms with Gasteiger partial charge in [-0.3, -0.25) is 4.79 Å². The molecule has 0 N–H and O–H groups in total. The predicted octanol–water partition coefficient (Wildman–Crippen LogP) is 3.59. The van der Waals surface area contributed by atoms with Crippen molar-refractivity contribution in [1.82, 2.24) is 4.90 Å². The van der Waals surface area contributed by atoms with E-state index in [1.54, 1.807) is 24.1 Å². The van der Waals surface area contributed by atoms with E-state index in [9.17, 15) is 9.18 Å². The van der Waals surface area contributed by atoms with Crippen LogP contribution in [-0.2, 0) is 11.3 Å². The zero-order valence-electron chi connectivity index (χ0n) is 10.3. The Morgan fingerprint density at radius 1 is 1.53 bits per heavy atom. The number of rotatable bonds is 4. The molecule has 2 nitrogen and oxygen atoms in total. The van der Waals surface area contributed by atoms with Crippen LogP contribution in [0.5, 0.6) is 0 Å². The molecule has 0 saturated heterocycles. The first-order chi connectivity index (χ1) is 7.95. The molecule has 0 fully saturated rings. The van der Waals surface area contributed by atoms with E-state index in [0.717, 1.165) is 10.9 Å². The van der Waals surface area contributed by atoms with Crippen LogP contribution in [0.4, 0.5) is 4.39 Å². The zero-order chi connectivity index (χ0) is 13.0. The molecule has 0 bridgehead atoms. The Kier molecular flexibility index (Phi) is 5.12. The molecule has 17 heavy (non-hydrogen) atoms. The molecule has 1 unspecified atom stereocenters. The van der Waals surface area contributed by atoms with Crippen molar-refractivity contribution in [2.24, 2.45) is 5.92 Å². The number of carbonyl (C=O) groups excluding carboxylic acids is 1. The molecule has 1 atom stereocenters. The minimum atomic E-state index is -0.281. The summed E-state index contributed by atoms with van der Waals surface area (Å²) >= 11 is 3.30. The van der Waals surface area contributed by atoms with Gasteiger partial charge in [0, 0.05) is 29.5 Å². The van der Waals surface area contributed by atoms with Crippen LogP contribution >= 0.6 is 15.9 Å². The van der Waals surface area contributed by atoms with Crippen molar-refractivity contribution in [2.45, 2.75) is 26.8 Å². The number of amides is 1. The molecule has 1 aromatic rings. The summed E-state index contributed by atoms with van der Waals surface area (Å²) < 4.78 is 14.3. The van der Waals surface area contributed by atoms with Crippen LogP contribution in [0.2, 0.25) is 0 Å². The molecule has 4 heteroatoms. The molecule has 0 aliphatic heterocycles. The highest BCUT2D eigenvalue weighted by Crippen LogP contribution is 2.17. The second-order valence-corrected chi connectivity index (χ2v) is 5.16. The van der Waals surface area contributed by atoms with E-state index in [1.165, 1.54) is 6.07 Å². The summed E-state index contributed by atoms with van der Waals surface area (Å²) in [6.07, 6.45) is 0.796. The van der Waals surface area contributed by atoms with Gasteiger partial charge in [-0.05, 0) is 24.6 Å². The zero-order valence-corrected chi connectivity index (χ0v) is 11.9. The van der Waals surface area contributed by atoms with Crippen LogP contribution in [0.1, 0.15) is 25.8 Å². The number of halogens is 2. The average molecular weight is 302 g/mol. The van der Waals surface area contributed by atoms with Crippen LogP contribution in [0.3, 0.4) is 0 Å². The van der Waals surface area contributed by atoms with Gasteiger partial charge in [0.05, 0.1) is 0 Å². The third kappa shape index (κ3) is 3.80. The summed E-state index contributed by atoms with van der Waals surface area (Å²) in [6.45, 7) is 4.15. The minimum absolute atomic E-state index is 0.0183. The Bertz CT molecular complexity index is 408. The summed E-state index contributed by atoms with van der Waals surface area (Å²) in [7, 11) is 1.70. The summed E-state index contributed by atoms with van der Waals surface area (Å²) in [5.41, 5.74) is 0.526. The molecule has 94 valence electrons. The Hall–Kier alpha value is -0.900. The lowest BCUT2D eigenvalue weighted by Gasteiger charge is -2.21. The maximum atomic E-state index is 13.5. The van der Waals surface area contributed by atoms with Gasteiger partial charge in [-0.25, -0.2) is 4.39 Å². The van der Waals surface area contributed by atoms with Crippen LogP contribution in [-0.4, -0.2) is 17.9 Å². The van der Waals surface area contributed by atoms with Crippen molar-refractivity contribution >= 4 is 21.8 Å². The van der Waals surface area contributed by atoms with Crippen molar-refractivity contribution in [3.05, 3.63) is 34.1 Å². The SMILES string of the molecule is CCC(C)C(=O)N(C)Cc1cc(Br)ccc1F. The van der Waals surface area contributed by atoms with Crippen molar-refractivity contribution in [3.8, 4) is 0 Å². The topological polar surface area (TPSA) is 20.3 Å². The molecule has 1 amide bonds. The van der Waals surface area contributed by atoms with Gasteiger partial charge in [-0.2, -0.15) is 0 Å². The molecule has 0 aliphatic rings. The molecule has 0 aromatic heterocycles. The quantitative estimate of drug-likeness (QED) is 0.832. The van der Waals surface area contributed by atoms with Crippen molar-refractivity contribution in [2.75, 3.05) is 7.05 Å². The third-order valence-corrected chi connectivity index (χ3v) is 3.32. The smallest absolute Gasteiger partial charge is 0.225 e. The fourth-order valence-electron chi connectivity index (χ4n) is 1.55. The Balaban J connectivity index is 2.77. The molecular weight excluding hydrogens is 285 g/mol. The molecule has 0 aliphatic carbocycles. The van der Waals surface area contributed by atoms with E-state index in [0.29, 0.717) is 12.1 Å². The number of carbonyl (C=O) groups is 1. The van der Waals surface area contributed by atoms with Crippen LogP contribution in [0.25, 0.3) is 0 Å². The first kappa shape index (κ1) is 14.2. The lowest BCUT2D eigenvalue weighted by molar-refractivity contribution is -0.134. The Morgan fingerprint density at radius 2 is 2.18 bits per heavy atom. The van der Waals surface area contributed by atoms with Gasteiger partial charge < -0.3 is 4.90 Å². The summed E-state index contributed by atoms with van der Waals surface area (Å²) in [5, 5.41) is 0. The van der Waals surface area contributed by atoms with E-state index in [1.807, 2.05) is 13.8 Å². The fourth-order valence-corrected chi connectivity index (χ4v) is 1.96. The second-order valence-electron chi connectivity index (χ2n) is 4.24. The molecule has 1 rings (SSSR count). The lowest BCUT2D eigenvalue weighted by Crippen LogP contribution is -2.31. The lowest BCUT2D eigenvalue weighted by atomic mass is 10.1. The molecule has 1 aromatic carbocycles. The molecule has 0 saturated carbocycles. The molecule has 0 spiro atoms. The predicted molar refractivity (Wildman–Crippen MR) is 70.0 cm³/mol. The molecular formula is C13H17BrFNO. The monoisotopic (exact) mass is 301 g/mol. The third-order valence-electron chi connectivity index (χ3n) is 2.83. The number of hydrogen-bond donors (Lipinski definition) is 0. The van der Waals surface area contributed by atoms with E-state index in [-0.39, 0.29) is 17.6 Å². The first-order valence-electron chi connectivity index (χ1n) is 5.64. The summed E-state index contributed by atoms with van der Waals surface area (Å²) in [4.78, 5) is 13.4. The van der Waals surface area contributed by atoms with E-state index < -0.39 is 0 Å². The van der Waals surface area contributed by atoms with Gasteiger partial charge in [-0.1, -0.05) is 29.8 Å². The fraction of sp³-hybridized carbons (Fsp3) is 0.462. The summed E-state index contributed by atoms with van der Waals surface area (Å²) in [6, 6.07) is 4.76. The number of hydrogen-bond acceptors (Lipinski definition) is 1. The van der Waals surface area contributed by atoms with Crippen LogP contribution in [0.15, 0.2) is 22.7 Å². The normalized spacial score (nSPS) is 12.3. The van der Waals surface area contributed by atoms with Gasteiger partial charge in [0.15, 0.2) is 0 Å². The average Bonchev–Trinajstić information content (AvgIpc) is 2.31. The molecule has 0 radical (unpaired) electrons. The highest BCUT2D eigenvalue weighted by Gasteiger charge is 2.17. The number of nitrogens with zero attached hydrogens (tertiary/aromatic N) is 1. The summed E-state index contributed by atoms with van der Waals surface area (Å²) in [5.74, 6) is -0.251. The van der Waals surface area contributed by atoms with Gasteiger partial charge in [0.2, 0.25) is 5.91 Å². The van der Waals surface area contributed by atoms with Crippen molar-refractivity contribution < 1.29 is 9.18 Å². The standard InChI is InChI=1S/C13H17BrFNO/c1-4-9(2)13(17)16(3)8-10-7-11(14)5-6-12(10)15/h5-7,9H,4,8H2,1-3H3. The van der Waals surface area contributed by atoms with Crippen LogP contribution < -0.4 is 0 Å². The van der Waals surface area contributed by atoms with Crippen molar-refractivity contribution in [3.63, 3.8) is 0 Å². The van der Waals surface area contributed by atoms with Crippen molar-refractivity contribution in [1.29, 1.82) is 0 Å². The second kappa shape index (κ2) is 6.15. The highest BCUT2D eigenvalue weighted by atomic mass is 79.9. The van der Waals surface area contributed by atoms with Gasteiger partial charge in [-0.15, -0.1) is 0 Å². The maximum absolute atomic E-state index is 13.5. The Morgan fingerprint density at radius 3 is 2.76 bits per heavy atom. The molecule has 0 heterocycles. The van der Waals surface area contributed by atoms with E-state index in [4.69, 9.17) is 0 Å². The highest BCUT2D eigenvalue weighted by molar-refractivity contribution is 9.10. The maximum Gasteiger partial charge on any atom is 0.225 e. The first-order valence-corrected chi connectivity index (χ1v) is 6.44. The minimum Gasteiger partial charge on any atom is -0.341 e. The number of benzene rings is 1. The van der Waals surface area contributed by atoms with Crippen LogP contribution in [0, 0.1) is 11.7 Å². The van der Waals surface area contributed by atoms with E-state index >= 15 is 0 Å².